The van der Waals surface area contributed by atoms with Gasteiger partial charge in [0.25, 0.3) is 0 Å². The maximum absolute atomic E-state index is 13.3. The van der Waals surface area contributed by atoms with Crippen molar-refractivity contribution in [2.24, 2.45) is 0 Å². The van der Waals surface area contributed by atoms with Crippen LogP contribution in [0.3, 0.4) is 0 Å². The minimum Gasteiger partial charge on any atom is -0.379 e. The van der Waals surface area contributed by atoms with E-state index in [1.54, 1.807) is 12.1 Å². The third-order valence-corrected chi connectivity index (χ3v) is 2.51. The first-order valence-corrected chi connectivity index (χ1v) is 5.14. The summed E-state index contributed by atoms with van der Waals surface area (Å²) in [6.45, 7) is -1.36. The van der Waals surface area contributed by atoms with Gasteiger partial charge in [-0.3, -0.25) is 0 Å². The molecule has 0 bridgehead atoms. The lowest BCUT2D eigenvalue weighted by Gasteiger charge is -2.13. The predicted octanol–water partition coefficient (Wildman–Crippen LogP) is 2.74. The van der Waals surface area contributed by atoms with E-state index in [1.165, 1.54) is 6.07 Å². The monoisotopic (exact) mass is 249 g/mol. The molecule has 17 heavy (non-hydrogen) atoms. The molecule has 0 unspecified atom stereocenters. The van der Waals surface area contributed by atoms with Gasteiger partial charge in [-0.05, 0) is 18.6 Å². The second-order valence-corrected chi connectivity index (χ2v) is 3.94. The van der Waals surface area contributed by atoms with Crippen LogP contribution in [0, 0.1) is 5.82 Å². The van der Waals surface area contributed by atoms with Crippen LogP contribution in [0.5, 0.6) is 0 Å². The average Bonchev–Trinajstić information content (AvgIpc) is 2.60. The molecule has 0 aliphatic carbocycles. The van der Waals surface area contributed by atoms with Crippen molar-refractivity contribution in [3.8, 4) is 0 Å². The van der Waals surface area contributed by atoms with Crippen molar-refractivity contribution >= 4 is 5.69 Å². The Labute approximate surface area is 95.6 Å². The first-order valence-electron chi connectivity index (χ1n) is 5.14. The van der Waals surface area contributed by atoms with Crippen LogP contribution in [0.15, 0.2) is 18.2 Å². The minimum atomic E-state index is -4.32. The van der Waals surface area contributed by atoms with E-state index >= 15 is 0 Å². The van der Waals surface area contributed by atoms with E-state index in [1.807, 2.05) is 0 Å². The summed E-state index contributed by atoms with van der Waals surface area (Å²) in [7, 11) is 0. The number of hydrogen-bond donors (Lipinski definition) is 1. The Morgan fingerprint density at radius 2 is 2.12 bits per heavy atom. The average molecular weight is 249 g/mol. The van der Waals surface area contributed by atoms with Gasteiger partial charge in [0.1, 0.15) is 12.4 Å². The zero-order valence-electron chi connectivity index (χ0n) is 8.85. The predicted molar refractivity (Wildman–Crippen MR) is 54.4 cm³/mol. The number of benzene rings is 1. The second kappa shape index (κ2) is 4.52. The normalized spacial score (nSPS) is 18.9. The topological polar surface area (TPSA) is 21.3 Å². The molecule has 0 radical (unpaired) electrons. The molecular formula is C11H11F4NO. The molecule has 0 amide bonds. The van der Waals surface area contributed by atoms with E-state index in [0.717, 1.165) is 0 Å². The van der Waals surface area contributed by atoms with Gasteiger partial charge in [-0.2, -0.15) is 13.2 Å². The van der Waals surface area contributed by atoms with E-state index in [9.17, 15) is 17.6 Å². The van der Waals surface area contributed by atoms with Crippen LogP contribution in [0.25, 0.3) is 0 Å². The van der Waals surface area contributed by atoms with Crippen molar-refractivity contribution in [2.75, 3.05) is 18.5 Å². The molecule has 2 nitrogen and oxygen atoms in total. The van der Waals surface area contributed by atoms with Crippen LogP contribution < -0.4 is 5.32 Å². The summed E-state index contributed by atoms with van der Waals surface area (Å²) >= 11 is 0. The minimum absolute atomic E-state index is 0.0897. The fourth-order valence-electron chi connectivity index (χ4n) is 1.84. The van der Waals surface area contributed by atoms with Gasteiger partial charge >= 0.3 is 6.18 Å². The zero-order valence-corrected chi connectivity index (χ0v) is 8.85. The van der Waals surface area contributed by atoms with Gasteiger partial charge in [0.05, 0.1) is 12.6 Å². The lowest BCUT2D eigenvalue weighted by Crippen LogP contribution is -2.26. The van der Waals surface area contributed by atoms with E-state index in [-0.39, 0.29) is 18.5 Å². The van der Waals surface area contributed by atoms with Crippen molar-refractivity contribution in [2.45, 2.75) is 18.6 Å². The Bertz CT molecular complexity index is 405. The highest BCUT2D eigenvalue weighted by atomic mass is 19.4. The summed E-state index contributed by atoms with van der Waals surface area (Å²) in [5.41, 5.74) is 1.14. The summed E-state index contributed by atoms with van der Waals surface area (Å²) in [4.78, 5) is 0. The van der Waals surface area contributed by atoms with E-state index in [4.69, 9.17) is 0 Å². The number of rotatable bonds is 3. The van der Waals surface area contributed by atoms with Crippen LogP contribution in [0.2, 0.25) is 0 Å². The van der Waals surface area contributed by atoms with Crippen LogP contribution in [-0.2, 0) is 11.2 Å². The molecule has 94 valence electrons. The number of hydrogen-bond acceptors (Lipinski definition) is 2. The molecule has 1 N–H and O–H groups in total. The standard InChI is InChI=1S/C11H11F4NO/c12-9-2-1-3-10-8(9)4-7(16-10)5-17-6-11(13,14)15/h1-3,7,16H,4-6H2/t7-/m0/s1. The third-order valence-electron chi connectivity index (χ3n) is 2.51. The maximum Gasteiger partial charge on any atom is 0.411 e. The lowest BCUT2D eigenvalue weighted by atomic mass is 10.1. The van der Waals surface area contributed by atoms with Crippen LogP contribution in [0.1, 0.15) is 5.56 Å². The molecule has 6 heteroatoms. The summed E-state index contributed by atoms with van der Waals surface area (Å²) in [6, 6.07) is 4.28. The molecule has 0 saturated heterocycles. The van der Waals surface area contributed by atoms with Gasteiger partial charge in [0.2, 0.25) is 0 Å². The van der Waals surface area contributed by atoms with Crippen molar-refractivity contribution < 1.29 is 22.3 Å². The Morgan fingerprint density at radius 3 is 2.76 bits per heavy atom. The Hall–Kier alpha value is -1.30. The number of nitrogens with one attached hydrogen (secondary N) is 1. The maximum atomic E-state index is 13.3. The van der Waals surface area contributed by atoms with Gasteiger partial charge in [0.15, 0.2) is 0 Å². The second-order valence-electron chi connectivity index (χ2n) is 3.94. The summed E-state index contributed by atoms with van der Waals surface area (Å²) in [6.07, 6.45) is -3.98. The summed E-state index contributed by atoms with van der Waals surface area (Å²) < 4.78 is 53.4. The van der Waals surface area contributed by atoms with Crippen LogP contribution in [0.4, 0.5) is 23.2 Å². The molecule has 1 aromatic carbocycles. The Balaban J connectivity index is 1.87. The van der Waals surface area contributed by atoms with E-state index in [0.29, 0.717) is 17.7 Å². The SMILES string of the molecule is Fc1cccc2c1C[C@@H](COCC(F)(F)F)N2. The fourth-order valence-corrected chi connectivity index (χ4v) is 1.84. The molecular weight excluding hydrogens is 238 g/mol. The Morgan fingerprint density at radius 1 is 1.35 bits per heavy atom. The summed E-state index contributed by atoms with van der Waals surface area (Å²) in [5.74, 6) is -0.340. The molecule has 0 spiro atoms. The largest absolute Gasteiger partial charge is 0.411 e. The molecule has 1 aliphatic rings. The molecule has 0 saturated carbocycles. The van der Waals surface area contributed by atoms with Crippen LogP contribution >= 0.6 is 0 Å². The van der Waals surface area contributed by atoms with Crippen molar-refractivity contribution in [3.63, 3.8) is 0 Å². The smallest absolute Gasteiger partial charge is 0.379 e. The highest BCUT2D eigenvalue weighted by molar-refractivity contribution is 5.57. The van der Waals surface area contributed by atoms with E-state index < -0.39 is 12.8 Å². The van der Waals surface area contributed by atoms with Gasteiger partial charge in [0, 0.05) is 11.3 Å². The van der Waals surface area contributed by atoms with Gasteiger partial charge < -0.3 is 10.1 Å². The highest BCUT2D eigenvalue weighted by Gasteiger charge is 2.29. The Kier molecular flexibility index (Phi) is 3.24. The quantitative estimate of drug-likeness (QED) is 0.832. The number of halogens is 4. The molecule has 0 aromatic heterocycles. The van der Waals surface area contributed by atoms with E-state index in [2.05, 4.69) is 10.1 Å². The lowest BCUT2D eigenvalue weighted by molar-refractivity contribution is -0.174. The van der Waals surface area contributed by atoms with Gasteiger partial charge in [-0.15, -0.1) is 0 Å². The summed E-state index contributed by atoms with van der Waals surface area (Å²) in [5, 5.41) is 2.93. The molecule has 1 atom stereocenters. The molecule has 1 heterocycles. The van der Waals surface area contributed by atoms with Crippen LogP contribution in [-0.4, -0.2) is 25.4 Å². The van der Waals surface area contributed by atoms with Gasteiger partial charge in [-0.25, -0.2) is 4.39 Å². The highest BCUT2D eigenvalue weighted by Crippen LogP contribution is 2.28. The molecule has 2 rings (SSSR count). The molecule has 0 fully saturated rings. The zero-order chi connectivity index (χ0) is 12.5. The number of ether oxygens (including phenoxy) is 1. The fraction of sp³-hybridized carbons (Fsp3) is 0.455. The number of alkyl halides is 3. The van der Waals surface area contributed by atoms with Crippen molar-refractivity contribution in [1.82, 2.24) is 0 Å². The molecule has 1 aromatic rings. The third kappa shape index (κ3) is 3.09. The number of anilines is 1. The first-order chi connectivity index (χ1) is 7.96. The van der Waals surface area contributed by atoms with Crippen molar-refractivity contribution in [1.29, 1.82) is 0 Å². The van der Waals surface area contributed by atoms with Gasteiger partial charge in [-0.1, -0.05) is 6.07 Å². The first kappa shape index (κ1) is 12.2. The van der Waals surface area contributed by atoms with Crippen molar-refractivity contribution in [3.05, 3.63) is 29.6 Å². The number of fused-ring (bicyclic) bond motifs is 1. The molecule has 1 aliphatic heterocycles.